The van der Waals surface area contributed by atoms with Crippen molar-refractivity contribution in [2.45, 2.75) is 19.4 Å². The zero-order chi connectivity index (χ0) is 13.8. The number of hydrogen-bond donors (Lipinski definition) is 2. The lowest BCUT2D eigenvalue weighted by atomic mass is 10.0. The van der Waals surface area contributed by atoms with Gasteiger partial charge in [-0.2, -0.15) is 0 Å². The van der Waals surface area contributed by atoms with Gasteiger partial charge in [0.05, 0.1) is 19.1 Å². The van der Waals surface area contributed by atoms with Gasteiger partial charge in [0.2, 0.25) is 5.91 Å². The largest absolute Gasteiger partial charge is 0.379 e. The van der Waals surface area contributed by atoms with Crippen LogP contribution in [0.1, 0.15) is 11.1 Å². The van der Waals surface area contributed by atoms with Crippen LogP contribution in [0.25, 0.3) is 0 Å². The summed E-state index contributed by atoms with van der Waals surface area (Å²) < 4.78 is 18.1. The summed E-state index contributed by atoms with van der Waals surface area (Å²) in [6.07, 6.45) is 0.681. The Morgan fingerprint density at radius 1 is 1.53 bits per heavy atom. The van der Waals surface area contributed by atoms with Crippen molar-refractivity contribution in [3.8, 4) is 0 Å². The van der Waals surface area contributed by atoms with E-state index in [0.29, 0.717) is 26.2 Å². The Hall–Kier alpha value is -1.46. The molecule has 1 saturated heterocycles. The summed E-state index contributed by atoms with van der Waals surface area (Å²) in [5.41, 5.74) is 7.71. The van der Waals surface area contributed by atoms with Crippen LogP contribution in [0.3, 0.4) is 0 Å². The number of halogens is 1. The number of nitrogens with one attached hydrogen (secondary N) is 1. The van der Waals surface area contributed by atoms with Crippen LogP contribution in [0.2, 0.25) is 0 Å². The number of hydrogen-bond acceptors (Lipinski definition) is 3. The Bertz CT molecular complexity index is 465. The van der Waals surface area contributed by atoms with E-state index >= 15 is 0 Å². The van der Waals surface area contributed by atoms with Gasteiger partial charge in [0, 0.05) is 12.6 Å². The van der Waals surface area contributed by atoms with E-state index in [1.165, 1.54) is 12.1 Å². The molecule has 104 valence electrons. The molecule has 2 unspecified atom stereocenters. The third kappa shape index (κ3) is 3.52. The van der Waals surface area contributed by atoms with E-state index in [9.17, 15) is 9.18 Å². The quantitative estimate of drug-likeness (QED) is 0.846. The normalized spacial score (nSPS) is 22.5. The van der Waals surface area contributed by atoms with Gasteiger partial charge in [-0.1, -0.05) is 6.07 Å². The van der Waals surface area contributed by atoms with E-state index in [2.05, 4.69) is 5.32 Å². The van der Waals surface area contributed by atoms with Gasteiger partial charge in [0.25, 0.3) is 0 Å². The number of ether oxygens (including phenoxy) is 1. The van der Waals surface area contributed by atoms with Crippen LogP contribution in [0.4, 0.5) is 4.39 Å². The van der Waals surface area contributed by atoms with Crippen molar-refractivity contribution in [3.63, 3.8) is 0 Å². The van der Waals surface area contributed by atoms with Crippen LogP contribution >= 0.6 is 0 Å². The molecule has 0 radical (unpaired) electrons. The van der Waals surface area contributed by atoms with E-state index in [1.807, 2.05) is 6.92 Å². The Labute approximate surface area is 112 Å². The molecule has 1 heterocycles. The molecular weight excluding hydrogens is 247 g/mol. The van der Waals surface area contributed by atoms with Gasteiger partial charge in [-0.25, -0.2) is 4.39 Å². The summed E-state index contributed by atoms with van der Waals surface area (Å²) in [7, 11) is 0. The van der Waals surface area contributed by atoms with Gasteiger partial charge in [-0.05, 0) is 36.6 Å². The molecule has 0 aromatic heterocycles. The summed E-state index contributed by atoms with van der Waals surface area (Å²) in [5.74, 6) is -0.557. The highest BCUT2D eigenvalue weighted by molar-refractivity contribution is 5.79. The molecule has 0 aliphatic carbocycles. The predicted molar refractivity (Wildman–Crippen MR) is 70.1 cm³/mol. The molecule has 5 heteroatoms. The molecule has 4 nitrogen and oxygen atoms in total. The minimum absolute atomic E-state index is 0.0650. The van der Waals surface area contributed by atoms with E-state index in [1.54, 1.807) is 6.07 Å². The highest BCUT2D eigenvalue weighted by atomic mass is 19.1. The number of carbonyl (C=O) groups is 1. The molecule has 2 atom stereocenters. The van der Waals surface area contributed by atoms with Gasteiger partial charge >= 0.3 is 0 Å². The molecule has 1 aromatic carbocycles. The first-order valence-electron chi connectivity index (χ1n) is 6.44. The van der Waals surface area contributed by atoms with Crippen LogP contribution < -0.4 is 11.1 Å². The summed E-state index contributed by atoms with van der Waals surface area (Å²) in [4.78, 5) is 11.9. The van der Waals surface area contributed by atoms with Crippen molar-refractivity contribution in [1.29, 1.82) is 0 Å². The van der Waals surface area contributed by atoms with Crippen molar-refractivity contribution in [3.05, 3.63) is 35.1 Å². The monoisotopic (exact) mass is 266 g/mol. The van der Waals surface area contributed by atoms with E-state index in [-0.39, 0.29) is 23.7 Å². The van der Waals surface area contributed by atoms with Crippen LogP contribution in [0, 0.1) is 18.7 Å². The second kappa shape index (κ2) is 6.12. The zero-order valence-electron chi connectivity index (χ0n) is 11.0. The van der Waals surface area contributed by atoms with Crippen molar-refractivity contribution < 1.29 is 13.9 Å². The van der Waals surface area contributed by atoms with Gasteiger partial charge in [-0.3, -0.25) is 4.79 Å². The Morgan fingerprint density at radius 3 is 2.95 bits per heavy atom. The highest BCUT2D eigenvalue weighted by Crippen LogP contribution is 2.12. The highest BCUT2D eigenvalue weighted by Gasteiger charge is 2.30. The fraction of sp³-hybridized carbons (Fsp3) is 0.500. The number of rotatable bonds is 4. The van der Waals surface area contributed by atoms with Crippen molar-refractivity contribution in [1.82, 2.24) is 5.32 Å². The van der Waals surface area contributed by atoms with Crippen molar-refractivity contribution in [2.24, 2.45) is 11.7 Å². The maximum absolute atomic E-state index is 12.9. The van der Waals surface area contributed by atoms with E-state index in [4.69, 9.17) is 10.5 Å². The molecule has 1 aliphatic rings. The molecule has 1 amide bonds. The van der Waals surface area contributed by atoms with E-state index in [0.717, 1.165) is 11.1 Å². The Kier molecular flexibility index (Phi) is 4.50. The number of benzene rings is 1. The van der Waals surface area contributed by atoms with Gasteiger partial charge in [0.1, 0.15) is 5.82 Å². The maximum atomic E-state index is 12.9. The first-order valence-corrected chi connectivity index (χ1v) is 6.44. The minimum Gasteiger partial charge on any atom is -0.379 e. The van der Waals surface area contributed by atoms with Gasteiger partial charge in [0.15, 0.2) is 0 Å². The average Bonchev–Trinajstić information content (AvgIpc) is 2.78. The third-order valence-corrected chi connectivity index (χ3v) is 3.46. The number of amides is 1. The number of aryl methyl sites for hydroxylation is 1. The molecule has 0 saturated carbocycles. The van der Waals surface area contributed by atoms with Crippen LogP contribution in [-0.2, 0) is 16.0 Å². The Morgan fingerprint density at radius 2 is 2.32 bits per heavy atom. The minimum atomic E-state index is -0.255. The van der Waals surface area contributed by atoms with Gasteiger partial charge < -0.3 is 15.8 Å². The molecular formula is C14H19FN2O2. The number of nitrogens with two attached hydrogens (primary N) is 1. The zero-order valence-corrected chi connectivity index (χ0v) is 11.0. The molecule has 2 rings (SSSR count). The lowest BCUT2D eigenvalue weighted by Gasteiger charge is -2.13. The maximum Gasteiger partial charge on any atom is 0.227 e. The fourth-order valence-corrected chi connectivity index (χ4v) is 2.23. The fourth-order valence-electron chi connectivity index (χ4n) is 2.23. The SMILES string of the molecule is Cc1cc(F)ccc1CCNC(=O)C1COCC1N. The summed E-state index contributed by atoms with van der Waals surface area (Å²) in [6.45, 7) is 3.22. The third-order valence-electron chi connectivity index (χ3n) is 3.46. The first-order chi connectivity index (χ1) is 9.08. The van der Waals surface area contributed by atoms with Crippen LogP contribution in [-0.4, -0.2) is 31.7 Å². The van der Waals surface area contributed by atoms with Crippen molar-refractivity contribution in [2.75, 3.05) is 19.8 Å². The predicted octanol–water partition coefficient (Wildman–Crippen LogP) is 0.767. The molecule has 0 bridgehead atoms. The smallest absolute Gasteiger partial charge is 0.227 e. The lowest BCUT2D eigenvalue weighted by molar-refractivity contribution is -0.125. The molecule has 3 N–H and O–H groups in total. The topological polar surface area (TPSA) is 64.3 Å². The molecule has 19 heavy (non-hydrogen) atoms. The number of carbonyl (C=O) groups excluding carboxylic acids is 1. The molecule has 0 spiro atoms. The van der Waals surface area contributed by atoms with E-state index < -0.39 is 0 Å². The van der Waals surface area contributed by atoms with Crippen LogP contribution in [0.15, 0.2) is 18.2 Å². The molecule has 1 aliphatic heterocycles. The van der Waals surface area contributed by atoms with Gasteiger partial charge in [-0.15, -0.1) is 0 Å². The van der Waals surface area contributed by atoms with Crippen molar-refractivity contribution >= 4 is 5.91 Å². The van der Waals surface area contributed by atoms with Crippen LogP contribution in [0.5, 0.6) is 0 Å². The summed E-state index contributed by atoms with van der Waals surface area (Å²) in [6, 6.07) is 4.47. The molecule has 1 fully saturated rings. The summed E-state index contributed by atoms with van der Waals surface area (Å²) in [5, 5.41) is 2.85. The first kappa shape index (κ1) is 14.0. The standard InChI is InChI=1S/C14H19FN2O2/c1-9-6-11(15)3-2-10(9)4-5-17-14(18)12-7-19-8-13(12)16/h2-3,6,12-13H,4-5,7-8,16H2,1H3,(H,17,18). The average molecular weight is 266 g/mol. The molecule has 1 aromatic rings. The lowest BCUT2D eigenvalue weighted by Crippen LogP contribution is -2.41. The second-order valence-electron chi connectivity index (χ2n) is 4.92. The summed E-state index contributed by atoms with van der Waals surface area (Å²) >= 11 is 0. The Balaban J connectivity index is 1.81. The second-order valence-corrected chi connectivity index (χ2v) is 4.92.